The second-order valence-corrected chi connectivity index (χ2v) is 26.0. The summed E-state index contributed by atoms with van der Waals surface area (Å²) in [6.07, 6.45) is 91.1. The molecule has 0 bridgehead atoms. The Morgan fingerprint density at radius 2 is 0.573 bits per heavy atom. The lowest BCUT2D eigenvalue weighted by Crippen LogP contribution is -2.45. The van der Waals surface area contributed by atoms with Gasteiger partial charge in [0.05, 0.1) is 25.4 Å². The van der Waals surface area contributed by atoms with Gasteiger partial charge < -0.3 is 20.3 Å². The highest BCUT2D eigenvalue weighted by atomic mass is 16.5. The number of rotatable bonds is 71. The average molecular weight is 1160 g/mol. The molecule has 6 heteroatoms. The summed E-state index contributed by atoms with van der Waals surface area (Å²) in [5.74, 6) is -0.0171. The van der Waals surface area contributed by atoms with Gasteiger partial charge in [0.1, 0.15) is 0 Å². The maximum Gasteiger partial charge on any atom is 0.305 e. The fraction of sp³-hybridized carbons (Fsp3) is 0.921. The molecule has 0 saturated heterocycles. The van der Waals surface area contributed by atoms with Crippen molar-refractivity contribution in [3.63, 3.8) is 0 Å². The van der Waals surface area contributed by atoms with Crippen LogP contribution in [0.15, 0.2) is 24.3 Å². The fourth-order valence-corrected chi connectivity index (χ4v) is 12.0. The first-order valence-electron chi connectivity index (χ1n) is 37.6. The highest BCUT2D eigenvalue weighted by Gasteiger charge is 2.20. The highest BCUT2D eigenvalue weighted by Crippen LogP contribution is 2.19. The number of unbranched alkanes of at least 4 members (excludes halogenated alkanes) is 56. The van der Waals surface area contributed by atoms with E-state index >= 15 is 0 Å². The molecular formula is C76H147NO5. The van der Waals surface area contributed by atoms with Crippen LogP contribution in [-0.4, -0.2) is 47.4 Å². The molecule has 0 heterocycles. The summed E-state index contributed by atoms with van der Waals surface area (Å²) in [6, 6.07) is -0.540. The first-order chi connectivity index (χ1) is 40.5. The Kier molecular flexibility index (Phi) is 70.4. The number of aliphatic hydroxyl groups excluding tert-OH is 2. The SMILES string of the molecule is CCCCCCCC/C=C\CCCCCCCC(=O)OCCCCCCCCCCCCCC/C=C\CCCCCCCCCCCCCCCCCCC(=O)NC(CO)C(O)CCCCCCCCCCCCCCCCCCCC. The van der Waals surface area contributed by atoms with Crippen LogP contribution in [-0.2, 0) is 14.3 Å². The molecule has 1 amide bonds. The lowest BCUT2D eigenvalue weighted by molar-refractivity contribution is -0.143. The number of amides is 1. The smallest absolute Gasteiger partial charge is 0.305 e. The molecule has 0 rings (SSSR count). The molecule has 3 N–H and O–H groups in total. The summed E-state index contributed by atoms with van der Waals surface area (Å²) in [5.41, 5.74) is 0. The highest BCUT2D eigenvalue weighted by molar-refractivity contribution is 5.76. The van der Waals surface area contributed by atoms with Crippen LogP contribution in [0.4, 0.5) is 0 Å². The molecule has 2 atom stereocenters. The van der Waals surface area contributed by atoms with Gasteiger partial charge in [-0.2, -0.15) is 0 Å². The number of hydrogen-bond acceptors (Lipinski definition) is 5. The molecule has 486 valence electrons. The summed E-state index contributed by atoms with van der Waals surface area (Å²) in [7, 11) is 0. The van der Waals surface area contributed by atoms with Crippen LogP contribution < -0.4 is 5.32 Å². The average Bonchev–Trinajstić information content (AvgIpc) is 3.48. The summed E-state index contributed by atoms with van der Waals surface area (Å²) in [4.78, 5) is 24.6. The van der Waals surface area contributed by atoms with Gasteiger partial charge in [0.25, 0.3) is 0 Å². The van der Waals surface area contributed by atoms with E-state index < -0.39 is 12.1 Å². The van der Waals surface area contributed by atoms with E-state index in [0.717, 1.165) is 44.9 Å². The third-order valence-electron chi connectivity index (χ3n) is 17.7. The minimum Gasteiger partial charge on any atom is -0.466 e. The van der Waals surface area contributed by atoms with Gasteiger partial charge in [0.2, 0.25) is 5.91 Å². The zero-order chi connectivity index (χ0) is 59.2. The molecule has 0 aromatic heterocycles. The van der Waals surface area contributed by atoms with E-state index in [1.54, 1.807) is 0 Å². The van der Waals surface area contributed by atoms with Gasteiger partial charge >= 0.3 is 5.97 Å². The van der Waals surface area contributed by atoms with Crippen LogP contribution in [0.25, 0.3) is 0 Å². The minimum atomic E-state index is -0.663. The molecular weight excluding hydrogens is 1010 g/mol. The second kappa shape index (κ2) is 71.8. The molecule has 0 saturated carbocycles. The predicted molar refractivity (Wildman–Crippen MR) is 361 cm³/mol. The predicted octanol–water partition coefficient (Wildman–Crippen LogP) is 24.5. The Morgan fingerprint density at radius 1 is 0.329 bits per heavy atom. The topological polar surface area (TPSA) is 95.9 Å². The van der Waals surface area contributed by atoms with E-state index in [9.17, 15) is 19.8 Å². The first-order valence-corrected chi connectivity index (χ1v) is 37.6. The van der Waals surface area contributed by atoms with Gasteiger partial charge in [-0.1, -0.05) is 359 Å². The maximum absolute atomic E-state index is 12.5. The van der Waals surface area contributed by atoms with E-state index in [4.69, 9.17) is 4.74 Å². The number of carbonyl (C=O) groups excluding carboxylic acids is 2. The van der Waals surface area contributed by atoms with Crippen molar-refractivity contribution in [1.29, 1.82) is 0 Å². The number of allylic oxidation sites excluding steroid dienone is 4. The molecule has 0 aliphatic heterocycles. The fourth-order valence-electron chi connectivity index (χ4n) is 12.0. The third-order valence-corrected chi connectivity index (χ3v) is 17.7. The summed E-state index contributed by atoms with van der Waals surface area (Å²) in [6.45, 7) is 4.99. The maximum atomic E-state index is 12.5. The molecule has 82 heavy (non-hydrogen) atoms. The van der Waals surface area contributed by atoms with Gasteiger partial charge in [0, 0.05) is 12.8 Å². The van der Waals surface area contributed by atoms with Gasteiger partial charge in [-0.15, -0.1) is 0 Å². The van der Waals surface area contributed by atoms with Crippen LogP contribution in [0, 0.1) is 0 Å². The van der Waals surface area contributed by atoms with Crippen LogP contribution in [0.5, 0.6) is 0 Å². The second-order valence-electron chi connectivity index (χ2n) is 26.0. The van der Waals surface area contributed by atoms with Crippen molar-refractivity contribution in [2.75, 3.05) is 13.2 Å². The Morgan fingerprint density at radius 3 is 0.866 bits per heavy atom. The van der Waals surface area contributed by atoms with Crippen LogP contribution in [0.2, 0.25) is 0 Å². The molecule has 0 aromatic rings. The normalized spacial score (nSPS) is 12.6. The molecule has 2 unspecified atom stereocenters. The van der Waals surface area contributed by atoms with Crippen molar-refractivity contribution < 1.29 is 24.5 Å². The summed E-state index contributed by atoms with van der Waals surface area (Å²) >= 11 is 0. The Labute approximate surface area is 513 Å². The number of hydrogen-bond donors (Lipinski definition) is 3. The number of ether oxygens (including phenoxy) is 1. The lowest BCUT2D eigenvalue weighted by atomic mass is 10.0. The van der Waals surface area contributed by atoms with Gasteiger partial charge in [-0.3, -0.25) is 9.59 Å². The Hall–Kier alpha value is -1.66. The summed E-state index contributed by atoms with van der Waals surface area (Å²) < 4.78 is 5.49. The standard InChI is InChI=1S/C76H147NO5/c1-3-5-7-9-11-13-15-17-19-20-37-41-44-48-52-56-60-64-68-74(79)73(72-78)77-75(80)69-65-61-57-53-49-45-42-38-35-33-31-29-27-25-23-21-22-24-26-28-30-32-34-36-39-43-47-51-55-59-63-67-71-82-76(81)70-66-62-58-54-50-46-40-18-16-14-12-10-8-6-4-2/h18,24,26,40,73-74,78-79H,3-17,19-23,25,27-39,41-72H2,1-2H3,(H,77,80)/b26-24-,40-18-. The number of esters is 1. The van der Waals surface area contributed by atoms with E-state index in [-0.39, 0.29) is 18.5 Å². The van der Waals surface area contributed by atoms with Gasteiger partial charge in [0.15, 0.2) is 0 Å². The Balaban J connectivity index is 3.35. The molecule has 0 aliphatic rings. The van der Waals surface area contributed by atoms with Crippen molar-refractivity contribution >= 4 is 11.9 Å². The van der Waals surface area contributed by atoms with Crippen LogP contribution in [0.3, 0.4) is 0 Å². The first kappa shape index (κ1) is 80.3. The minimum absolute atomic E-state index is 0.0111. The lowest BCUT2D eigenvalue weighted by Gasteiger charge is -2.22. The van der Waals surface area contributed by atoms with Gasteiger partial charge in [-0.25, -0.2) is 0 Å². The van der Waals surface area contributed by atoms with Crippen molar-refractivity contribution in [3.8, 4) is 0 Å². The largest absolute Gasteiger partial charge is 0.466 e. The number of aliphatic hydroxyl groups is 2. The number of nitrogens with one attached hydrogen (secondary N) is 1. The van der Waals surface area contributed by atoms with E-state index in [0.29, 0.717) is 25.9 Å². The summed E-state index contributed by atoms with van der Waals surface area (Å²) in [5, 5.41) is 23.4. The molecule has 0 aliphatic carbocycles. The van der Waals surface area contributed by atoms with Crippen LogP contribution in [0.1, 0.15) is 425 Å². The number of carbonyl (C=O) groups is 2. The monoisotopic (exact) mass is 1150 g/mol. The molecule has 0 fully saturated rings. The van der Waals surface area contributed by atoms with Crippen molar-refractivity contribution in [2.45, 2.75) is 437 Å². The molecule has 0 spiro atoms. The molecule has 6 nitrogen and oxygen atoms in total. The van der Waals surface area contributed by atoms with Crippen molar-refractivity contribution in [2.24, 2.45) is 0 Å². The molecule has 0 aromatic carbocycles. The van der Waals surface area contributed by atoms with Crippen LogP contribution >= 0.6 is 0 Å². The van der Waals surface area contributed by atoms with Crippen molar-refractivity contribution in [3.05, 3.63) is 24.3 Å². The van der Waals surface area contributed by atoms with E-state index in [1.807, 2.05) is 0 Å². The van der Waals surface area contributed by atoms with Crippen molar-refractivity contribution in [1.82, 2.24) is 5.32 Å². The van der Waals surface area contributed by atoms with E-state index in [1.165, 1.54) is 347 Å². The van der Waals surface area contributed by atoms with E-state index in [2.05, 4.69) is 43.5 Å². The van der Waals surface area contributed by atoms with Gasteiger partial charge in [-0.05, 0) is 77.0 Å². The Bertz CT molecular complexity index is 1280. The zero-order valence-corrected chi connectivity index (χ0v) is 55.8. The third kappa shape index (κ3) is 67.5. The quantitative estimate of drug-likeness (QED) is 0.0320. The molecule has 0 radical (unpaired) electrons. The zero-order valence-electron chi connectivity index (χ0n) is 55.8.